The number of nitrogens with zero attached hydrogens (tertiary/aromatic N) is 1. The largest absolute Gasteiger partial charge is 0.504 e. The lowest BCUT2D eigenvalue weighted by atomic mass is 9.92. The van der Waals surface area contributed by atoms with Gasteiger partial charge in [-0.05, 0) is 42.8 Å². The molecule has 6 heteroatoms. The Morgan fingerprint density at radius 3 is 2.30 bits per heavy atom. The third kappa shape index (κ3) is 3.71. The van der Waals surface area contributed by atoms with Gasteiger partial charge in [-0.1, -0.05) is 6.07 Å². The van der Waals surface area contributed by atoms with Gasteiger partial charge in [0.1, 0.15) is 0 Å². The second-order valence-corrected chi connectivity index (χ2v) is 6.71. The zero-order chi connectivity index (χ0) is 19.6. The summed E-state index contributed by atoms with van der Waals surface area (Å²) in [5.41, 5.74) is 3.09. The van der Waals surface area contributed by atoms with Crippen LogP contribution in [0.4, 0.5) is 0 Å². The number of ether oxygens (including phenoxy) is 3. The number of Topliss-reactive ketones (excluding diaryl/α,β-unsaturated/α-hetero) is 1. The Bertz CT molecular complexity index is 862. The molecule has 0 bridgehead atoms. The van der Waals surface area contributed by atoms with Crippen molar-refractivity contribution in [1.29, 1.82) is 0 Å². The summed E-state index contributed by atoms with van der Waals surface area (Å²) in [6.07, 6.45) is 0.890. The second-order valence-electron chi connectivity index (χ2n) is 6.71. The molecule has 0 saturated heterocycles. The van der Waals surface area contributed by atoms with Crippen molar-refractivity contribution in [1.82, 2.24) is 4.90 Å². The fourth-order valence-corrected chi connectivity index (χ4v) is 3.48. The Labute approximate surface area is 159 Å². The summed E-state index contributed by atoms with van der Waals surface area (Å²) in [6.45, 7) is 1.26. The van der Waals surface area contributed by atoms with E-state index >= 15 is 0 Å². The molecular formula is C21H25NO5. The number of carbonyl (C=O) groups excluding carboxylic acids is 1. The predicted molar refractivity (Wildman–Crippen MR) is 102 cm³/mol. The van der Waals surface area contributed by atoms with E-state index in [9.17, 15) is 9.90 Å². The molecule has 1 aliphatic heterocycles. The van der Waals surface area contributed by atoms with E-state index in [4.69, 9.17) is 14.2 Å². The molecule has 0 aromatic heterocycles. The molecule has 2 aromatic carbocycles. The first kappa shape index (κ1) is 19.0. The fourth-order valence-electron chi connectivity index (χ4n) is 3.48. The Morgan fingerprint density at radius 2 is 1.63 bits per heavy atom. The zero-order valence-electron chi connectivity index (χ0n) is 16.2. The van der Waals surface area contributed by atoms with E-state index in [2.05, 4.69) is 4.90 Å². The van der Waals surface area contributed by atoms with Gasteiger partial charge in [0.2, 0.25) is 0 Å². The number of carbonyl (C=O) groups is 1. The standard InChI is InChI=1S/C21H25NO5/c1-22-8-7-14-10-19(26-3)20(27-4)11-15(14)17(23)9-13-5-6-18(25-2)21(24)16(13)12-22/h5-6,10-11,24H,7-9,12H2,1-4H3. The number of aromatic hydroxyl groups is 1. The van der Waals surface area contributed by atoms with Crippen molar-refractivity contribution in [2.45, 2.75) is 19.4 Å². The normalized spacial score (nSPS) is 14.9. The average Bonchev–Trinajstić information content (AvgIpc) is 2.67. The van der Waals surface area contributed by atoms with Crippen LogP contribution in [0.25, 0.3) is 0 Å². The Morgan fingerprint density at radius 1 is 0.963 bits per heavy atom. The van der Waals surface area contributed by atoms with Gasteiger partial charge in [-0.15, -0.1) is 0 Å². The lowest BCUT2D eigenvalue weighted by Gasteiger charge is -2.23. The molecular weight excluding hydrogens is 346 g/mol. The monoisotopic (exact) mass is 371 g/mol. The summed E-state index contributed by atoms with van der Waals surface area (Å²) in [5.74, 6) is 1.65. The molecule has 1 aliphatic rings. The van der Waals surface area contributed by atoms with Crippen LogP contribution in [0.3, 0.4) is 0 Å². The number of phenolic OH excluding ortho intramolecular Hbond substituents is 1. The van der Waals surface area contributed by atoms with Crippen LogP contribution in [0.2, 0.25) is 0 Å². The number of fused-ring (bicyclic) bond motifs is 2. The number of methoxy groups -OCH3 is 3. The van der Waals surface area contributed by atoms with Gasteiger partial charge in [0.25, 0.3) is 0 Å². The van der Waals surface area contributed by atoms with Crippen molar-refractivity contribution in [3.63, 3.8) is 0 Å². The van der Waals surface area contributed by atoms with E-state index in [-0.39, 0.29) is 18.0 Å². The van der Waals surface area contributed by atoms with Crippen LogP contribution in [-0.2, 0) is 19.4 Å². The van der Waals surface area contributed by atoms with E-state index in [1.54, 1.807) is 26.4 Å². The third-order valence-corrected chi connectivity index (χ3v) is 5.01. The molecule has 2 aromatic rings. The maximum Gasteiger partial charge on any atom is 0.167 e. The first-order chi connectivity index (χ1) is 13.0. The van der Waals surface area contributed by atoms with E-state index < -0.39 is 0 Å². The lowest BCUT2D eigenvalue weighted by molar-refractivity contribution is 0.0990. The molecule has 0 fully saturated rings. The van der Waals surface area contributed by atoms with Crippen molar-refractivity contribution in [2.75, 3.05) is 34.9 Å². The van der Waals surface area contributed by atoms with Gasteiger partial charge >= 0.3 is 0 Å². The highest BCUT2D eigenvalue weighted by atomic mass is 16.5. The Balaban J connectivity index is 2.10. The number of ketones is 1. The van der Waals surface area contributed by atoms with Gasteiger partial charge in [0, 0.05) is 30.6 Å². The van der Waals surface area contributed by atoms with E-state index in [0.29, 0.717) is 35.8 Å². The minimum Gasteiger partial charge on any atom is -0.504 e. The SMILES string of the molecule is COc1cc2c(cc1OC)C(=O)Cc1ccc(OC)c(O)c1CN(C)CC2. The quantitative estimate of drug-likeness (QED) is 0.895. The van der Waals surface area contributed by atoms with Crippen LogP contribution < -0.4 is 14.2 Å². The molecule has 0 unspecified atom stereocenters. The summed E-state index contributed by atoms with van der Waals surface area (Å²) in [7, 11) is 6.66. The number of phenols is 1. The third-order valence-electron chi connectivity index (χ3n) is 5.01. The molecule has 0 saturated carbocycles. The van der Waals surface area contributed by atoms with Gasteiger partial charge in [-0.2, -0.15) is 0 Å². The van der Waals surface area contributed by atoms with Gasteiger partial charge in [0.05, 0.1) is 21.3 Å². The van der Waals surface area contributed by atoms with Crippen molar-refractivity contribution >= 4 is 5.78 Å². The highest BCUT2D eigenvalue weighted by Crippen LogP contribution is 2.36. The summed E-state index contributed by atoms with van der Waals surface area (Å²) in [6, 6.07) is 7.18. The number of benzene rings is 2. The number of hydrogen-bond donors (Lipinski definition) is 1. The number of hydrogen-bond acceptors (Lipinski definition) is 6. The summed E-state index contributed by atoms with van der Waals surface area (Å²) >= 11 is 0. The molecule has 1 heterocycles. The first-order valence-electron chi connectivity index (χ1n) is 8.82. The van der Waals surface area contributed by atoms with E-state index in [1.165, 1.54) is 7.11 Å². The summed E-state index contributed by atoms with van der Waals surface area (Å²) in [4.78, 5) is 15.2. The van der Waals surface area contributed by atoms with Gasteiger partial charge in [0.15, 0.2) is 28.8 Å². The molecule has 0 aliphatic carbocycles. The molecule has 1 N–H and O–H groups in total. The maximum absolute atomic E-state index is 13.1. The fraction of sp³-hybridized carbons (Fsp3) is 0.381. The van der Waals surface area contributed by atoms with E-state index in [0.717, 1.165) is 23.2 Å². The van der Waals surface area contributed by atoms with Crippen LogP contribution in [0.15, 0.2) is 24.3 Å². The second kappa shape index (κ2) is 7.88. The number of likely N-dealkylation sites (N-methyl/N-ethyl adjacent to an activating group) is 1. The van der Waals surface area contributed by atoms with Crippen molar-refractivity contribution in [3.05, 3.63) is 46.5 Å². The highest BCUT2D eigenvalue weighted by molar-refractivity contribution is 6.00. The van der Waals surface area contributed by atoms with E-state index in [1.807, 2.05) is 19.2 Å². The zero-order valence-corrected chi connectivity index (χ0v) is 16.2. The van der Waals surface area contributed by atoms with Crippen molar-refractivity contribution < 1.29 is 24.1 Å². The van der Waals surface area contributed by atoms with Crippen LogP contribution >= 0.6 is 0 Å². The predicted octanol–water partition coefficient (Wildman–Crippen LogP) is 2.83. The van der Waals surface area contributed by atoms with Crippen LogP contribution in [0, 0.1) is 0 Å². The molecule has 0 atom stereocenters. The number of rotatable bonds is 3. The molecule has 144 valence electrons. The minimum atomic E-state index is -0.0127. The van der Waals surface area contributed by atoms with Gasteiger partial charge < -0.3 is 24.2 Å². The Kier molecular flexibility index (Phi) is 5.56. The first-order valence-corrected chi connectivity index (χ1v) is 8.82. The Hall–Kier alpha value is -2.73. The maximum atomic E-state index is 13.1. The van der Waals surface area contributed by atoms with Crippen molar-refractivity contribution in [2.24, 2.45) is 0 Å². The van der Waals surface area contributed by atoms with Crippen LogP contribution in [0.5, 0.6) is 23.0 Å². The molecule has 3 rings (SSSR count). The topological polar surface area (TPSA) is 68.2 Å². The van der Waals surface area contributed by atoms with Crippen LogP contribution in [-0.4, -0.2) is 50.7 Å². The smallest absolute Gasteiger partial charge is 0.167 e. The van der Waals surface area contributed by atoms with Crippen molar-refractivity contribution in [3.8, 4) is 23.0 Å². The van der Waals surface area contributed by atoms with Gasteiger partial charge in [-0.25, -0.2) is 0 Å². The molecule has 0 radical (unpaired) electrons. The molecule has 6 nitrogen and oxygen atoms in total. The molecule has 27 heavy (non-hydrogen) atoms. The summed E-state index contributed by atoms with van der Waals surface area (Å²) in [5, 5.41) is 10.6. The minimum absolute atomic E-state index is 0.0127. The molecule has 0 amide bonds. The molecule has 0 spiro atoms. The lowest BCUT2D eigenvalue weighted by Crippen LogP contribution is -2.24. The highest BCUT2D eigenvalue weighted by Gasteiger charge is 2.23. The average molecular weight is 371 g/mol. The summed E-state index contributed by atoms with van der Waals surface area (Å²) < 4.78 is 16.0. The van der Waals surface area contributed by atoms with Gasteiger partial charge in [-0.3, -0.25) is 4.79 Å². The van der Waals surface area contributed by atoms with Crippen LogP contribution in [0.1, 0.15) is 27.0 Å².